The number of nitrogens with zero attached hydrogens (tertiary/aromatic N) is 2. The lowest BCUT2D eigenvalue weighted by molar-refractivity contribution is -0.142. The lowest BCUT2D eigenvalue weighted by Gasteiger charge is -2.31. The Morgan fingerprint density at radius 3 is 2.07 bits per heavy atom. The molecule has 1 aliphatic rings. The van der Waals surface area contributed by atoms with Crippen molar-refractivity contribution < 1.29 is 53.4 Å². The van der Waals surface area contributed by atoms with Crippen LogP contribution in [0.1, 0.15) is 82.3 Å². The molecule has 1 fully saturated rings. The van der Waals surface area contributed by atoms with Gasteiger partial charge in [-0.2, -0.15) is 0 Å². The average Bonchev–Trinajstić information content (AvgIpc) is 3.78. The van der Waals surface area contributed by atoms with E-state index in [1.807, 2.05) is 18.2 Å². The zero-order chi connectivity index (χ0) is 55.7. The van der Waals surface area contributed by atoms with Crippen LogP contribution in [0.3, 0.4) is 0 Å². The van der Waals surface area contributed by atoms with Gasteiger partial charge in [0.25, 0.3) is 0 Å². The van der Waals surface area contributed by atoms with Crippen LogP contribution >= 0.6 is 0 Å². The number of H-pyrrole nitrogens is 1. The minimum atomic E-state index is -1.74. The number of aromatic amines is 1. The molecular formula is C49H72N16O11. The number of nitrogens with one attached hydrogen (secondary N) is 9. The van der Waals surface area contributed by atoms with Gasteiger partial charge in [-0.15, -0.1) is 0 Å². The number of carboxylic acid groups (broad SMARTS) is 1. The van der Waals surface area contributed by atoms with E-state index in [4.69, 9.17) is 28.7 Å². The SMILES string of the molecule is CC(=O)NC(CCCN=C(N)N)C(=O)NC1CCCNC(=O)CCC(C(=O)O)NC(=O)C(Cc2c[nH]c3ccccc23)NC(O)C(CCCN=C(N)N)NC(=O)C(Cc2ccccc2)NC(=O)C(CCC(N)=O)NC1=O. The van der Waals surface area contributed by atoms with E-state index in [0.29, 0.717) is 11.1 Å². The first kappa shape index (κ1) is 60.2. The zero-order valence-corrected chi connectivity index (χ0v) is 42.3. The maximum absolute atomic E-state index is 14.6. The Balaban J connectivity index is 1.78. The van der Waals surface area contributed by atoms with Crippen LogP contribution in [-0.2, 0) is 56.0 Å². The quantitative estimate of drug-likeness (QED) is 0.0312. The van der Waals surface area contributed by atoms with Gasteiger partial charge in [0.2, 0.25) is 47.3 Å². The van der Waals surface area contributed by atoms with Crippen molar-refractivity contribution in [2.75, 3.05) is 19.6 Å². The molecule has 8 unspecified atom stereocenters. The Hall–Kier alpha value is -8.33. The molecule has 1 saturated heterocycles. The molecule has 8 amide bonds. The highest BCUT2D eigenvalue weighted by atomic mass is 16.4. The van der Waals surface area contributed by atoms with Crippen LogP contribution in [0.15, 0.2) is 70.8 Å². The second-order valence-corrected chi connectivity index (χ2v) is 18.3. The molecule has 21 N–H and O–H groups in total. The van der Waals surface area contributed by atoms with Crippen LogP contribution in [0.4, 0.5) is 0 Å². The second-order valence-electron chi connectivity index (χ2n) is 18.3. The summed E-state index contributed by atoms with van der Waals surface area (Å²) >= 11 is 0. The third-order valence-corrected chi connectivity index (χ3v) is 12.2. The molecule has 8 atom stereocenters. The number of benzene rings is 2. The molecular weight excluding hydrogens is 989 g/mol. The van der Waals surface area contributed by atoms with E-state index in [2.05, 4.69) is 57.5 Å². The van der Waals surface area contributed by atoms with Crippen LogP contribution in [0.2, 0.25) is 0 Å². The smallest absolute Gasteiger partial charge is 0.326 e. The highest BCUT2D eigenvalue weighted by molar-refractivity contribution is 5.96. The predicted molar refractivity (Wildman–Crippen MR) is 280 cm³/mol. The minimum absolute atomic E-state index is 0.0204. The summed E-state index contributed by atoms with van der Waals surface area (Å²) in [5.41, 5.74) is 29.4. The van der Waals surface area contributed by atoms with Crippen molar-refractivity contribution in [2.45, 2.75) is 132 Å². The van der Waals surface area contributed by atoms with Crippen molar-refractivity contribution in [3.05, 3.63) is 71.9 Å². The Kier molecular flexibility index (Phi) is 24.4. The van der Waals surface area contributed by atoms with Crippen molar-refractivity contribution in [1.82, 2.24) is 47.5 Å². The number of amides is 8. The van der Waals surface area contributed by atoms with Crippen LogP contribution in [0, 0.1) is 0 Å². The van der Waals surface area contributed by atoms with Gasteiger partial charge in [0.1, 0.15) is 36.4 Å². The van der Waals surface area contributed by atoms with Crippen LogP contribution in [-0.4, -0.2) is 148 Å². The molecule has 2 aromatic carbocycles. The number of primary amides is 1. The number of aliphatic imine (C=N–C) groups is 2. The Bertz CT molecular complexity index is 2530. The normalized spacial score (nSPS) is 22.0. The van der Waals surface area contributed by atoms with E-state index in [1.165, 1.54) is 6.92 Å². The Morgan fingerprint density at radius 2 is 1.39 bits per heavy atom. The maximum atomic E-state index is 14.6. The van der Waals surface area contributed by atoms with Gasteiger partial charge < -0.3 is 81.1 Å². The van der Waals surface area contributed by atoms with Gasteiger partial charge in [-0.1, -0.05) is 48.5 Å². The minimum Gasteiger partial charge on any atom is -0.480 e. The molecule has 0 aliphatic carbocycles. The van der Waals surface area contributed by atoms with Crippen molar-refractivity contribution in [2.24, 2.45) is 38.7 Å². The van der Waals surface area contributed by atoms with Gasteiger partial charge in [-0.3, -0.25) is 53.7 Å². The molecule has 0 bridgehead atoms. The Labute approximate surface area is 438 Å². The third kappa shape index (κ3) is 20.9. The summed E-state index contributed by atoms with van der Waals surface area (Å²) in [7, 11) is 0. The largest absolute Gasteiger partial charge is 0.480 e. The molecule has 0 radical (unpaired) electrons. The van der Waals surface area contributed by atoms with Crippen molar-refractivity contribution >= 4 is 76.0 Å². The first-order valence-electron chi connectivity index (χ1n) is 24.9. The number of guanidine groups is 2. The Morgan fingerprint density at radius 1 is 0.750 bits per heavy atom. The van der Waals surface area contributed by atoms with E-state index in [1.54, 1.807) is 42.6 Å². The summed E-state index contributed by atoms with van der Waals surface area (Å²) in [5, 5.41) is 44.2. The molecule has 2 heterocycles. The third-order valence-electron chi connectivity index (χ3n) is 12.2. The van der Waals surface area contributed by atoms with Crippen molar-refractivity contribution in [1.29, 1.82) is 0 Å². The molecule has 1 aliphatic heterocycles. The highest BCUT2D eigenvalue weighted by Gasteiger charge is 2.35. The number of aromatic nitrogens is 1. The molecule has 27 nitrogen and oxygen atoms in total. The van der Waals surface area contributed by atoms with E-state index >= 15 is 0 Å². The number of aliphatic hydroxyl groups excluding tert-OH is 1. The number of nitrogens with two attached hydrogens (primary N) is 5. The van der Waals surface area contributed by atoms with Gasteiger partial charge in [0, 0.05) is 62.9 Å². The number of carbonyl (C=O) groups excluding carboxylic acids is 8. The monoisotopic (exact) mass is 1060 g/mol. The summed E-state index contributed by atoms with van der Waals surface area (Å²) in [6, 6.07) is 5.95. The van der Waals surface area contributed by atoms with Gasteiger partial charge >= 0.3 is 5.97 Å². The fourth-order valence-corrected chi connectivity index (χ4v) is 8.33. The molecule has 0 saturated carbocycles. The first-order chi connectivity index (χ1) is 36.2. The number of para-hydroxylation sites is 1. The molecule has 0 spiro atoms. The number of carboxylic acids is 1. The number of aliphatic hydroxyl groups is 1. The summed E-state index contributed by atoms with van der Waals surface area (Å²) in [6.07, 6.45) is -1.60. The fraction of sp³-hybridized carbons (Fsp3) is 0.490. The van der Waals surface area contributed by atoms with Gasteiger partial charge in [-0.05, 0) is 75.0 Å². The van der Waals surface area contributed by atoms with E-state index in [0.717, 1.165) is 10.9 Å². The van der Waals surface area contributed by atoms with Gasteiger partial charge in [0.15, 0.2) is 11.9 Å². The average molecular weight is 1060 g/mol. The second kappa shape index (κ2) is 30.8. The lowest BCUT2D eigenvalue weighted by Crippen LogP contribution is -2.61. The number of aliphatic carboxylic acids is 1. The molecule has 4 rings (SSSR count). The number of hydrogen-bond donors (Lipinski definition) is 16. The molecule has 3 aromatic rings. The van der Waals surface area contributed by atoms with Gasteiger partial charge in [-0.25, -0.2) is 4.79 Å². The first-order valence-corrected chi connectivity index (χ1v) is 24.9. The molecule has 27 heteroatoms. The summed E-state index contributed by atoms with van der Waals surface area (Å²) in [4.78, 5) is 133. The molecule has 414 valence electrons. The zero-order valence-electron chi connectivity index (χ0n) is 42.3. The van der Waals surface area contributed by atoms with E-state index in [-0.39, 0.29) is 102 Å². The van der Waals surface area contributed by atoms with Gasteiger partial charge in [0.05, 0.1) is 12.1 Å². The van der Waals surface area contributed by atoms with E-state index in [9.17, 15) is 53.4 Å². The van der Waals surface area contributed by atoms with Crippen LogP contribution < -0.4 is 71.2 Å². The predicted octanol–water partition coefficient (Wildman–Crippen LogP) is -3.69. The van der Waals surface area contributed by atoms with E-state index < -0.39 is 108 Å². The fourth-order valence-electron chi connectivity index (χ4n) is 8.33. The number of carbonyl (C=O) groups is 9. The number of rotatable bonds is 19. The van der Waals surface area contributed by atoms with Crippen molar-refractivity contribution in [3.8, 4) is 0 Å². The topological polar surface area (TPSA) is 461 Å². The lowest BCUT2D eigenvalue weighted by atomic mass is 10.0. The van der Waals surface area contributed by atoms with Crippen LogP contribution in [0.25, 0.3) is 10.9 Å². The summed E-state index contributed by atoms with van der Waals surface area (Å²) in [5.74, 6) is -8.24. The molecule has 76 heavy (non-hydrogen) atoms. The van der Waals surface area contributed by atoms with Crippen LogP contribution in [0.5, 0.6) is 0 Å². The maximum Gasteiger partial charge on any atom is 0.326 e. The standard InChI is InChI=1S/C49H72N16O11/c1-27(66)59-32(14-8-22-56-48(51)52)41(69)60-33-15-7-21-55-40(68)20-18-36(47(75)76)63-46(74)38(25-29-26-58-31-13-6-5-12-30(29)31)65-43(71)34(16-9-23-57-49(53)54)61-45(73)37(24-28-10-3-2-4-11-28)64-44(72)35(62-42(33)70)17-19-39(50)67/h2-6,10-13,26,32-38,43,58,65,71H,7-9,14-25H2,1H3,(H2,50,67)(H,55,68)(H,59,66)(H,60,69)(H,61,73)(H,62,70)(H,63,74)(H,64,72)(H,75,76)(H4,51,52,56)(H4,53,54,57). The molecule has 1 aromatic heterocycles. The number of hydrogen-bond acceptors (Lipinski definition) is 13. The highest BCUT2D eigenvalue weighted by Crippen LogP contribution is 2.20. The number of fused-ring (bicyclic) bond motifs is 1. The summed E-state index contributed by atoms with van der Waals surface area (Å²) < 4.78 is 0. The summed E-state index contributed by atoms with van der Waals surface area (Å²) in [6.45, 7) is 1.25. The van der Waals surface area contributed by atoms with Crippen molar-refractivity contribution in [3.63, 3.8) is 0 Å².